The van der Waals surface area contributed by atoms with E-state index in [1.807, 2.05) is 12.1 Å². The summed E-state index contributed by atoms with van der Waals surface area (Å²) in [5.74, 6) is 0.906. The minimum Gasteiger partial charge on any atom is -0.323 e. The summed E-state index contributed by atoms with van der Waals surface area (Å²) in [6.45, 7) is 6.43. The minimum absolute atomic E-state index is 0.0419. The first-order valence-corrected chi connectivity index (χ1v) is 9.71. The van der Waals surface area contributed by atoms with Crippen LogP contribution in [0.1, 0.15) is 57.2 Å². The molecule has 0 saturated heterocycles. The van der Waals surface area contributed by atoms with Crippen molar-refractivity contribution in [1.82, 2.24) is 0 Å². The van der Waals surface area contributed by atoms with E-state index in [0.717, 1.165) is 31.2 Å². The smallest absolute Gasteiger partial charge is 0.152 e. The van der Waals surface area contributed by atoms with E-state index in [1.54, 1.807) is 0 Å². The van der Waals surface area contributed by atoms with Crippen LogP contribution in [0, 0.1) is 5.92 Å². The van der Waals surface area contributed by atoms with Gasteiger partial charge in [-0.05, 0) is 29.9 Å². The average molecular weight is 311 g/mol. The molecule has 1 aromatic rings. The molecule has 0 amide bonds. The number of hydrogen-bond donors (Lipinski definition) is 1. The summed E-state index contributed by atoms with van der Waals surface area (Å²) in [6.07, 6.45) is 3.75. The van der Waals surface area contributed by atoms with Crippen molar-refractivity contribution < 1.29 is 8.42 Å². The Morgan fingerprint density at radius 2 is 1.71 bits per heavy atom. The van der Waals surface area contributed by atoms with Gasteiger partial charge in [0.15, 0.2) is 9.84 Å². The van der Waals surface area contributed by atoms with Gasteiger partial charge in [-0.25, -0.2) is 8.42 Å². The lowest BCUT2D eigenvalue weighted by atomic mass is 10.0. The molecule has 0 fully saturated rings. The van der Waals surface area contributed by atoms with Crippen LogP contribution in [0.5, 0.6) is 0 Å². The minimum atomic E-state index is -3.06. The monoisotopic (exact) mass is 311 g/mol. The second-order valence-electron chi connectivity index (χ2n) is 6.27. The van der Waals surface area contributed by atoms with Gasteiger partial charge in [0.05, 0.1) is 11.5 Å². The van der Waals surface area contributed by atoms with Gasteiger partial charge in [0, 0.05) is 6.04 Å². The molecule has 4 heteroatoms. The third kappa shape index (κ3) is 7.09. The third-order valence-electron chi connectivity index (χ3n) is 3.54. The van der Waals surface area contributed by atoms with E-state index in [1.165, 1.54) is 5.56 Å². The number of hydrogen-bond acceptors (Lipinski definition) is 3. The van der Waals surface area contributed by atoms with Crippen LogP contribution in [0.2, 0.25) is 0 Å². The Balaban J connectivity index is 2.60. The van der Waals surface area contributed by atoms with Crippen molar-refractivity contribution in [2.75, 3.05) is 11.5 Å². The fourth-order valence-electron chi connectivity index (χ4n) is 2.40. The molecule has 0 aliphatic carbocycles. The van der Waals surface area contributed by atoms with E-state index in [0.29, 0.717) is 5.92 Å². The van der Waals surface area contributed by atoms with Crippen LogP contribution >= 0.6 is 0 Å². The summed E-state index contributed by atoms with van der Waals surface area (Å²) in [5, 5.41) is 0. The summed E-state index contributed by atoms with van der Waals surface area (Å²) >= 11 is 0. The normalized spacial score (nSPS) is 13.6. The van der Waals surface area contributed by atoms with E-state index in [2.05, 4.69) is 32.9 Å². The number of nitrogens with two attached hydrogens (primary N) is 1. The molecule has 1 unspecified atom stereocenters. The van der Waals surface area contributed by atoms with Crippen LogP contribution in [0.3, 0.4) is 0 Å². The summed E-state index contributed by atoms with van der Waals surface area (Å²) in [6, 6.07) is 7.61. The highest BCUT2D eigenvalue weighted by atomic mass is 32.2. The zero-order valence-electron chi connectivity index (χ0n) is 13.5. The first-order valence-electron chi connectivity index (χ1n) is 7.89. The maximum absolute atomic E-state index is 12.0. The van der Waals surface area contributed by atoms with Crippen molar-refractivity contribution in [3.05, 3.63) is 35.4 Å². The van der Waals surface area contributed by atoms with E-state index >= 15 is 0 Å². The first-order chi connectivity index (χ1) is 9.84. The average Bonchev–Trinajstić information content (AvgIpc) is 2.38. The molecule has 0 aliphatic heterocycles. The molecule has 120 valence electrons. The topological polar surface area (TPSA) is 60.2 Å². The van der Waals surface area contributed by atoms with Crippen molar-refractivity contribution >= 4 is 9.84 Å². The van der Waals surface area contributed by atoms with Crippen molar-refractivity contribution in [3.63, 3.8) is 0 Å². The molecule has 2 N–H and O–H groups in total. The predicted octanol–water partition coefficient (Wildman–Crippen LogP) is 3.49. The molecule has 0 spiro atoms. The van der Waals surface area contributed by atoms with Crippen molar-refractivity contribution in [2.45, 2.75) is 52.5 Å². The van der Waals surface area contributed by atoms with Gasteiger partial charge >= 0.3 is 0 Å². The molecule has 0 aliphatic rings. The zero-order chi connectivity index (χ0) is 15.9. The molecule has 0 radical (unpaired) electrons. The lowest BCUT2D eigenvalue weighted by Gasteiger charge is -2.13. The van der Waals surface area contributed by atoms with Crippen molar-refractivity contribution in [3.8, 4) is 0 Å². The summed E-state index contributed by atoms with van der Waals surface area (Å²) in [4.78, 5) is 0. The van der Waals surface area contributed by atoms with Crippen LogP contribution in [0.25, 0.3) is 0 Å². The van der Waals surface area contributed by atoms with Crippen LogP contribution in [-0.4, -0.2) is 19.9 Å². The maximum atomic E-state index is 12.0. The van der Waals surface area contributed by atoms with Gasteiger partial charge in [-0.1, -0.05) is 57.9 Å². The summed E-state index contributed by atoms with van der Waals surface area (Å²) < 4.78 is 24.0. The van der Waals surface area contributed by atoms with Gasteiger partial charge in [-0.2, -0.15) is 0 Å². The highest BCUT2D eigenvalue weighted by molar-refractivity contribution is 7.91. The van der Waals surface area contributed by atoms with Gasteiger partial charge in [0.2, 0.25) is 0 Å². The van der Waals surface area contributed by atoms with E-state index < -0.39 is 15.9 Å². The molecular formula is C17H29NO2S. The van der Waals surface area contributed by atoms with E-state index in [9.17, 15) is 8.42 Å². The maximum Gasteiger partial charge on any atom is 0.152 e. The van der Waals surface area contributed by atoms with Crippen LogP contribution in [0.4, 0.5) is 0 Å². The molecule has 21 heavy (non-hydrogen) atoms. The van der Waals surface area contributed by atoms with Crippen LogP contribution < -0.4 is 5.73 Å². The zero-order valence-corrected chi connectivity index (χ0v) is 14.3. The summed E-state index contributed by atoms with van der Waals surface area (Å²) in [7, 11) is -3.06. The molecule has 1 atom stereocenters. The van der Waals surface area contributed by atoms with E-state index in [-0.39, 0.29) is 11.5 Å². The number of sulfone groups is 1. The number of rotatable bonds is 9. The lowest BCUT2D eigenvalue weighted by molar-refractivity contribution is 0.584. The highest BCUT2D eigenvalue weighted by Gasteiger charge is 2.17. The Bertz CT molecular complexity index is 506. The Morgan fingerprint density at radius 1 is 1.10 bits per heavy atom. The molecular weight excluding hydrogens is 282 g/mol. The molecule has 0 aromatic heterocycles. The van der Waals surface area contributed by atoms with Gasteiger partial charge in [0.25, 0.3) is 0 Å². The van der Waals surface area contributed by atoms with Gasteiger partial charge in [-0.3, -0.25) is 0 Å². The molecule has 0 bridgehead atoms. The largest absolute Gasteiger partial charge is 0.323 e. The van der Waals surface area contributed by atoms with E-state index in [4.69, 9.17) is 5.73 Å². The van der Waals surface area contributed by atoms with Crippen molar-refractivity contribution in [1.29, 1.82) is 0 Å². The molecule has 1 rings (SSSR count). The highest BCUT2D eigenvalue weighted by Crippen LogP contribution is 2.16. The summed E-state index contributed by atoms with van der Waals surface area (Å²) in [5.41, 5.74) is 8.23. The third-order valence-corrected chi connectivity index (χ3v) is 5.32. The Labute approximate surface area is 129 Å². The Kier molecular flexibility index (Phi) is 7.40. The fourth-order valence-corrected chi connectivity index (χ4v) is 3.95. The van der Waals surface area contributed by atoms with Gasteiger partial charge < -0.3 is 5.73 Å². The Hall–Kier alpha value is -0.870. The molecule has 0 heterocycles. The lowest BCUT2D eigenvalue weighted by Crippen LogP contribution is -2.23. The molecule has 3 nitrogen and oxygen atoms in total. The first kappa shape index (κ1) is 18.2. The predicted molar refractivity (Wildman–Crippen MR) is 90.1 cm³/mol. The second kappa shape index (κ2) is 8.54. The van der Waals surface area contributed by atoms with Crippen LogP contribution in [0.15, 0.2) is 24.3 Å². The van der Waals surface area contributed by atoms with Crippen molar-refractivity contribution in [2.24, 2.45) is 11.7 Å². The quantitative estimate of drug-likeness (QED) is 0.710. The SMILES string of the molecule is CCCCCS(=O)(=O)CC(N)c1ccc(CC(C)C)cc1. The van der Waals surface area contributed by atoms with Gasteiger partial charge in [-0.15, -0.1) is 0 Å². The second-order valence-corrected chi connectivity index (χ2v) is 8.50. The standard InChI is InChI=1S/C17H29NO2S/c1-4-5-6-11-21(19,20)13-17(18)16-9-7-15(8-10-16)12-14(2)3/h7-10,14,17H,4-6,11-13,18H2,1-3H3. The molecule has 0 saturated carbocycles. The van der Waals surface area contributed by atoms with Gasteiger partial charge in [0.1, 0.15) is 0 Å². The fraction of sp³-hybridized carbons (Fsp3) is 0.647. The Morgan fingerprint density at radius 3 is 2.24 bits per heavy atom. The number of unbranched alkanes of at least 4 members (excludes halogenated alkanes) is 2. The van der Waals surface area contributed by atoms with Crippen LogP contribution in [-0.2, 0) is 16.3 Å². The number of benzene rings is 1. The molecule has 1 aromatic carbocycles.